The van der Waals surface area contributed by atoms with Crippen molar-refractivity contribution in [2.75, 3.05) is 4.90 Å². The summed E-state index contributed by atoms with van der Waals surface area (Å²) in [6, 6.07) is 85.1. The van der Waals surface area contributed by atoms with E-state index in [1.165, 1.54) is 70.0 Å². The Kier molecular flexibility index (Phi) is 7.87. The molecule has 3 heteroatoms. The molecule has 11 rings (SSSR count). The highest BCUT2D eigenvalue weighted by molar-refractivity contribution is 7.19. The van der Waals surface area contributed by atoms with Crippen LogP contribution in [0.15, 0.2) is 231 Å². The van der Waals surface area contributed by atoms with Gasteiger partial charge in [0.25, 0.3) is 0 Å². The first-order valence-electron chi connectivity index (χ1n) is 19.7. The molecule has 0 radical (unpaired) electrons. The molecule has 2 aromatic heterocycles. The monoisotopic (exact) mass is 742 g/mol. The third-order valence-corrected chi connectivity index (χ3v) is 16.7. The highest BCUT2D eigenvalue weighted by Gasteiger charge is 2.41. The molecule has 0 spiro atoms. The Balaban J connectivity index is 1.12. The van der Waals surface area contributed by atoms with Crippen LogP contribution in [0.4, 0.5) is 17.1 Å². The molecule has 0 bridgehead atoms. The normalized spacial score (nSPS) is 11.9. The van der Waals surface area contributed by atoms with Crippen molar-refractivity contribution in [3.05, 3.63) is 231 Å². The van der Waals surface area contributed by atoms with E-state index in [0.29, 0.717) is 0 Å². The fourth-order valence-electron chi connectivity index (χ4n) is 9.36. The van der Waals surface area contributed by atoms with Crippen LogP contribution in [0.3, 0.4) is 0 Å². The van der Waals surface area contributed by atoms with Gasteiger partial charge in [-0.15, -0.1) is 0 Å². The Hall–Kier alpha value is -7.20. The lowest BCUT2D eigenvalue weighted by Crippen LogP contribution is -2.74. The average Bonchev–Trinajstić information content (AvgIpc) is 3.81. The molecule has 0 fully saturated rings. The largest absolute Gasteiger partial charge is 0.310 e. The molecule has 0 amide bonds. The lowest BCUT2D eigenvalue weighted by atomic mass is 10.0. The molecule has 0 aliphatic carbocycles. The van der Waals surface area contributed by atoms with Crippen LogP contribution in [-0.4, -0.2) is 12.5 Å². The van der Waals surface area contributed by atoms with Gasteiger partial charge in [-0.3, -0.25) is 0 Å². The maximum atomic E-state index is 2.47. The molecule has 11 aromatic rings. The molecular weight excluding hydrogens is 705 g/mol. The van der Waals surface area contributed by atoms with Crippen molar-refractivity contribution < 1.29 is 0 Å². The minimum atomic E-state index is -2.68. The number of fused-ring (bicyclic) bond motifs is 6. The standard InChI is InChI=1S/C54H38N2Si/c1-5-16-39(17-6-1)40-28-30-41(31-29-40)55(43-34-37-49-51-26-15-25-50-48-24-13-14-27-52(48)56(54(50)51)53(49)38-43)42-32-35-47(36-33-42)57(44-18-7-2-8-19-44,45-20-9-3-10-21-45)46-22-11-4-12-23-46/h1-38H. The van der Waals surface area contributed by atoms with Gasteiger partial charge >= 0.3 is 0 Å². The minimum absolute atomic E-state index is 1.11. The van der Waals surface area contributed by atoms with Crippen LogP contribution >= 0.6 is 0 Å². The third-order valence-electron chi connectivity index (χ3n) is 11.9. The van der Waals surface area contributed by atoms with Crippen LogP contribution in [0, 0.1) is 0 Å². The van der Waals surface area contributed by atoms with E-state index in [1.807, 2.05) is 0 Å². The summed E-state index contributed by atoms with van der Waals surface area (Å²) in [4.78, 5) is 2.42. The Morgan fingerprint density at radius 2 is 0.719 bits per heavy atom. The topological polar surface area (TPSA) is 7.65 Å². The van der Waals surface area contributed by atoms with Crippen molar-refractivity contribution in [3.63, 3.8) is 0 Å². The Bertz CT molecular complexity index is 3040. The average molecular weight is 743 g/mol. The molecule has 9 aromatic carbocycles. The summed E-state index contributed by atoms with van der Waals surface area (Å²) in [5.74, 6) is 0. The molecular formula is C54H38N2Si. The van der Waals surface area contributed by atoms with Crippen molar-refractivity contribution in [3.8, 4) is 11.1 Å². The zero-order chi connectivity index (χ0) is 37.8. The van der Waals surface area contributed by atoms with Gasteiger partial charge in [-0.25, -0.2) is 0 Å². The highest BCUT2D eigenvalue weighted by atomic mass is 28.3. The van der Waals surface area contributed by atoms with E-state index < -0.39 is 8.07 Å². The summed E-state index contributed by atoms with van der Waals surface area (Å²) in [7, 11) is -2.68. The zero-order valence-electron chi connectivity index (χ0n) is 31.3. The smallest absolute Gasteiger partial charge is 0.179 e. The zero-order valence-corrected chi connectivity index (χ0v) is 32.3. The van der Waals surface area contributed by atoms with Crippen LogP contribution in [-0.2, 0) is 0 Å². The molecule has 0 saturated heterocycles. The molecule has 0 atom stereocenters. The predicted octanol–water partition coefficient (Wildman–Crippen LogP) is 11.4. The molecule has 0 aliphatic heterocycles. The SMILES string of the molecule is c1ccc(-c2ccc(N(c3ccc([Si](c4ccccc4)(c4ccccc4)c4ccccc4)cc3)c3ccc4c5cccc6c7ccccc7n(c4c3)c65)cc2)cc1. The lowest BCUT2D eigenvalue weighted by Gasteiger charge is -2.35. The van der Waals surface area contributed by atoms with Crippen molar-refractivity contribution in [1.82, 2.24) is 4.40 Å². The number of hydrogen-bond donors (Lipinski definition) is 0. The van der Waals surface area contributed by atoms with E-state index >= 15 is 0 Å². The fraction of sp³-hybridized carbons (Fsp3) is 0. The Morgan fingerprint density at radius 3 is 1.30 bits per heavy atom. The molecule has 2 heterocycles. The van der Waals surface area contributed by atoms with E-state index in [1.54, 1.807) is 0 Å². The second-order valence-electron chi connectivity index (χ2n) is 14.9. The number of benzene rings is 9. The number of anilines is 3. The van der Waals surface area contributed by atoms with E-state index in [-0.39, 0.29) is 0 Å². The van der Waals surface area contributed by atoms with Crippen molar-refractivity contribution in [2.24, 2.45) is 0 Å². The first-order valence-corrected chi connectivity index (χ1v) is 21.7. The quantitative estimate of drug-likeness (QED) is 0.111. The van der Waals surface area contributed by atoms with Crippen LogP contribution in [0.5, 0.6) is 0 Å². The third kappa shape index (κ3) is 5.24. The number of hydrogen-bond acceptors (Lipinski definition) is 1. The van der Waals surface area contributed by atoms with Crippen LogP contribution in [0.1, 0.15) is 0 Å². The summed E-state index contributed by atoms with van der Waals surface area (Å²) >= 11 is 0. The molecule has 0 saturated carbocycles. The van der Waals surface area contributed by atoms with Gasteiger partial charge in [-0.05, 0) is 74.3 Å². The van der Waals surface area contributed by atoms with Gasteiger partial charge in [0.15, 0.2) is 8.07 Å². The molecule has 268 valence electrons. The predicted molar refractivity (Wildman–Crippen MR) is 245 cm³/mol. The van der Waals surface area contributed by atoms with Crippen molar-refractivity contribution in [1.29, 1.82) is 0 Å². The molecule has 0 N–H and O–H groups in total. The number of nitrogens with zero attached hydrogens (tertiary/aromatic N) is 2. The second-order valence-corrected chi connectivity index (χ2v) is 18.7. The first kappa shape index (κ1) is 33.2. The fourth-order valence-corrected chi connectivity index (χ4v) is 14.1. The number of aromatic nitrogens is 1. The van der Waals surface area contributed by atoms with Crippen LogP contribution in [0.2, 0.25) is 0 Å². The Labute approximate surface area is 333 Å². The minimum Gasteiger partial charge on any atom is -0.310 e. The summed E-state index contributed by atoms with van der Waals surface area (Å²) < 4.78 is 2.47. The maximum absolute atomic E-state index is 2.68. The highest BCUT2D eigenvalue weighted by Crippen LogP contribution is 2.42. The van der Waals surface area contributed by atoms with Gasteiger partial charge in [0.05, 0.1) is 16.6 Å². The number of para-hydroxylation sites is 2. The van der Waals surface area contributed by atoms with Gasteiger partial charge in [-0.1, -0.05) is 188 Å². The lowest BCUT2D eigenvalue weighted by molar-refractivity contribution is 1.28. The van der Waals surface area contributed by atoms with Gasteiger partial charge in [0, 0.05) is 38.6 Å². The Morgan fingerprint density at radius 1 is 0.298 bits per heavy atom. The first-order chi connectivity index (χ1) is 28.3. The summed E-state index contributed by atoms with van der Waals surface area (Å²) in [5.41, 5.74) is 9.49. The molecule has 2 nitrogen and oxygen atoms in total. The molecule has 0 unspecified atom stereocenters. The summed E-state index contributed by atoms with van der Waals surface area (Å²) in [6.07, 6.45) is 0. The van der Waals surface area contributed by atoms with Gasteiger partial charge in [-0.2, -0.15) is 0 Å². The summed E-state index contributed by atoms with van der Waals surface area (Å²) in [5, 5.41) is 10.6. The van der Waals surface area contributed by atoms with Crippen LogP contribution in [0.25, 0.3) is 49.2 Å². The van der Waals surface area contributed by atoms with E-state index in [4.69, 9.17) is 0 Å². The number of rotatable bonds is 8. The van der Waals surface area contributed by atoms with E-state index in [9.17, 15) is 0 Å². The van der Waals surface area contributed by atoms with Crippen LogP contribution < -0.4 is 25.6 Å². The maximum Gasteiger partial charge on any atom is 0.179 e. The second kappa shape index (κ2) is 13.5. The molecule has 57 heavy (non-hydrogen) atoms. The van der Waals surface area contributed by atoms with E-state index in [0.717, 1.165) is 17.1 Å². The molecule has 0 aliphatic rings. The summed E-state index contributed by atoms with van der Waals surface area (Å²) in [6.45, 7) is 0. The van der Waals surface area contributed by atoms with Crippen molar-refractivity contribution >= 4 is 84.0 Å². The van der Waals surface area contributed by atoms with Crippen molar-refractivity contribution in [2.45, 2.75) is 0 Å². The van der Waals surface area contributed by atoms with Gasteiger partial charge in [0.1, 0.15) is 0 Å². The van der Waals surface area contributed by atoms with E-state index in [2.05, 4.69) is 240 Å². The van der Waals surface area contributed by atoms with Gasteiger partial charge in [0.2, 0.25) is 0 Å². The van der Waals surface area contributed by atoms with Gasteiger partial charge < -0.3 is 9.30 Å².